The molecular formula is C22H24N4O3S2. The molecule has 9 heteroatoms. The van der Waals surface area contributed by atoms with Crippen molar-refractivity contribution in [1.82, 2.24) is 15.1 Å². The van der Waals surface area contributed by atoms with Crippen LogP contribution in [0.4, 0.5) is 5.13 Å². The average molecular weight is 457 g/mol. The van der Waals surface area contributed by atoms with Crippen molar-refractivity contribution < 1.29 is 14.3 Å². The predicted molar refractivity (Wildman–Crippen MR) is 124 cm³/mol. The molecule has 162 valence electrons. The van der Waals surface area contributed by atoms with Crippen molar-refractivity contribution in [2.45, 2.75) is 11.3 Å². The molecule has 1 heterocycles. The lowest BCUT2D eigenvalue weighted by Crippen LogP contribution is -2.37. The molecule has 2 amide bonds. The number of rotatable bonds is 11. The van der Waals surface area contributed by atoms with Crippen molar-refractivity contribution in [2.24, 2.45) is 0 Å². The van der Waals surface area contributed by atoms with Crippen LogP contribution in [0.5, 0.6) is 0 Å². The molecule has 3 rings (SSSR count). The van der Waals surface area contributed by atoms with Crippen molar-refractivity contribution in [3.05, 3.63) is 60.7 Å². The number of ether oxygens (including phenoxy) is 1. The summed E-state index contributed by atoms with van der Waals surface area (Å²) in [5, 5.41) is 12.1. The normalized spacial score (nSPS) is 10.6. The summed E-state index contributed by atoms with van der Waals surface area (Å²) in [4.78, 5) is 27.7. The summed E-state index contributed by atoms with van der Waals surface area (Å²) >= 11 is 2.80. The molecule has 0 radical (unpaired) electrons. The number of amides is 2. The van der Waals surface area contributed by atoms with Crippen LogP contribution < -0.4 is 5.32 Å². The molecule has 0 aliphatic carbocycles. The molecule has 3 aromatic rings. The maximum Gasteiger partial charge on any atom is 0.233 e. The number of carbonyl (C=O) groups excluding carboxylic acids is 2. The van der Waals surface area contributed by atoms with Crippen molar-refractivity contribution in [2.75, 3.05) is 37.9 Å². The van der Waals surface area contributed by atoms with Gasteiger partial charge in [0, 0.05) is 37.1 Å². The predicted octanol–water partition coefficient (Wildman–Crippen LogP) is 3.80. The first-order valence-electron chi connectivity index (χ1n) is 9.79. The zero-order valence-corrected chi connectivity index (χ0v) is 18.8. The minimum atomic E-state index is -0.207. The molecule has 0 atom stereocenters. The van der Waals surface area contributed by atoms with Crippen molar-refractivity contribution in [3.63, 3.8) is 0 Å². The van der Waals surface area contributed by atoms with Gasteiger partial charge in [-0.2, -0.15) is 0 Å². The topological polar surface area (TPSA) is 84.4 Å². The van der Waals surface area contributed by atoms with E-state index in [-0.39, 0.29) is 18.2 Å². The van der Waals surface area contributed by atoms with Crippen LogP contribution in [-0.4, -0.2) is 59.5 Å². The Balaban J connectivity index is 1.50. The molecule has 0 aliphatic rings. The number of nitrogens with one attached hydrogen (secondary N) is 1. The van der Waals surface area contributed by atoms with Gasteiger partial charge in [0.25, 0.3) is 0 Å². The Morgan fingerprint density at radius 3 is 2.45 bits per heavy atom. The van der Waals surface area contributed by atoms with Crippen LogP contribution in [0.2, 0.25) is 0 Å². The summed E-state index contributed by atoms with van der Waals surface area (Å²) in [6.07, 6.45) is 0.172. The SMILES string of the molecule is COCCN(CCC(=O)Nc1nnc(-c2ccccc2)s1)C(=O)CSc1ccccc1. The molecule has 0 unspecified atom stereocenters. The van der Waals surface area contributed by atoms with Crippen LogP contribution in [-0.2, 0) is 14.3 Å². The third-order valence-corrected chi connectivity index (χ3v) is 6.21. The van der Waals surface area contributed by atoms with Crippen LogP contribution in [0, 0.1) is 0 Å². The van der Waals surface area contributed by atoms with Gasteiger partial charge in [0.2, 0.25) is 16.9 Å². The molecule has 7 nitrogen and oxygen atoms in total. The Morgan fingerprint density at radius 2 is 1.74 bits per heavy atom. The fourth-order valence-corrected chi connectivity index (χ4v) is 4.29. The quantitative estimate of drug-likeness (QED) is 0.442. The lowest BCUT2D eigenvalue weighted by Gasteiger charge is -2.22. The van der Waals surface area contributed by atoms with Gasteiger partial charge in [-0.3, -0.25) is 9.59 Å². The first kappa shape index (κ1) is 22.9. The summed E-state index contributed by atoms with van der Waals surface area (Å²) < 4.78 is 5.11. The Bertz CT molecular complexity index is 967. The highest BCUT2D eigenvalue weighted by Crippen LogP contribution is 2.26. The molecule has 0 saturated heterocycles. The van der Waals surface area contributed by atoms with Gasteiger partial charge >= 0.3 is 0 Å². The molecule has 0 saturated carbocycles. The number of hydrogen-bond acceptors (Lipinski definition) is 7. The molecule has 2 aromatic carbocycles. The van der Waals surface area contributed by atoms with E-state index in [9.17, 15) is 9.59 Å². The fourth-order valence-electron chi connectivity index (χ4n) is 2.71. The number of anilines is 1. The van der Waals surface area contributed by atoms with E-state index < -0.39 is 0 Å². The van der Waals surface area contributed by atoms with E-state index in [1.807, 2.05) is 60.7 Å². The zero-order chi connectivity index (χ0) is 21.9. The second-order valence-corrected chi connectivity index (χ2v) is 8.58. The highest BCUT2D eigenvalue weighted by Gasteiger charge is 2.16. The smallest absolute Gasteiger partial charge is 0.233 e. The number of benzene rings is 2. The van der Waals surface area contributed by atoms with Crippen LogP contribution >= 0.6 is 23.1 Å². The van der Waals surface area contributed by atoms with Crippen LogP contribution in [0.1, 0.15) is 6.42 Å². The highest BCUT2D eigenvalue weighted by atomic mass is 32.2. The molecule has 0 aliphatic heterocycles. The van der Waals surface area contributed by atoms with Gasteiger partial charge in [0.1, 0.15) is 5.01 Å². The minimum Gasteiger partial charge on any atom is -0.383 e. The maximum absolute atomic E-state index is 12.7. The zero-order valence-electron chi connectivity index (χ0n) is 17.2. The number of hydrogen-bond donors (Lipinski definition) is 1. The Morgan fingerprint density at radius 1 is 1.03 bits per heavy atom. The largest absolute Gasteiger partial charge is 0.383 e. The fraction of sp³-hybridized carbons (Fsp3) is 0.273. The lowest BCUT2D eigenvalue weighted by molar-refractivity contribution is -0.129. The second-order valence-electron chi connectivity index (χ2n) is 6.55. The van der Waals surface area contributed by atoms with E-state index in [0.29, 0.717) is 30.6 Å². The number of nitrogens with zero attached hydrogens (tertiary/aromatic N) is 3. The summed E-state index contributed by atoms with van der Waals surface area (Å²) in [6, 6.07) is 19.4. The van der Waals surface area contributed by atoms with Gasteiger partial charge < -0.3 is 15.0 Å². The third-order valence-electron chi connectivity index (χ3n) is 4.32. The summed E-state index contributed by atoms with van der Waals surface area (Å²) in [5.74, 6) is 0.0781. The number of carbonyl (C=O) groups is 2. The Kier molecular flexibility index (Phi) is 9.01. The lowest BCUT2D eigenvalue weighted by atomic mass is 10.2. The van der Waals surface area contributed by atoms with Crippen molar-refractivity contribution >= 4 is 40.0 Å². The molecule has 0 fully saturated rings. The summed E-state index contributed by atoms with van der Waals surface area (Å²) in [6.45, 7) is 1.17. The molecule has 31 heavy (non-hydrogen) atoms. The van der Waals surface area contributed by atoms with E-state index >= 15 is 0 Å². The van der Waals surface area contributed by atoms with Gasteiger partial charge in [-0.05, 0) is 12.1 Å². The molecular weight excluding hydrogens is 432 g/mol. The Hall–Kier alpha value is -2.75. The van der Waals surface area contributed by atoms with Crippen LogP contribution in [0.25, 0.3) is 10.6 Å². The third kappa shape index (κ3) is 7.46. The highest BCUT2D eigenvalue weighted by molar-refractivity contribution is 8.00. The molecule has 0 spiro atoms. The van der Waals surface area contributed by atoms with Gasteiger partial charge in [0.15, 0.2) is 0 Å². The standard InChI is InChI=1S/C22H24N4O3S2/c1-29-15-14-26(20(28)16-30-18-10-6-3-7-11-18)13-12-19(27)23-22-25-24-21(31-22)17-8-4-2-5-9-17/h2-11H,12-16H2,1H3,(H,23,25,27). The van der Waals surface area contributed by atoms with Crippen molar-refractivity contribution in [3.8, 4) is 10.6 Å². The van der Waals surface area contributed by atoms with Gasteiger partial charge in [-0.1, -0.05) is 59.9 Å². The van der Waals surface area contributed by atoms with E-state index in [1.165, 1.54) is 23.1 Å². The maximum atomic E-state index is 12.7. The molecule has 1 N–H and O–H groups in total. The minimum absolute atomic E-state index is 0.0269. The van der Waals surface area contributed by atoms with E-state index in [0.717, 1.165) is 15.5 Å². The average Bonchev–Trinajstić information content (AvgIpc) is 3.27. The first-order valence-corrected chi connectivity index (χ1v) is 11.6. The monoisotopic (exact) mass is 456 g/mol. The van der Waals surface area contributed by atoms with Gasteiger partial charge in [0.05, 0.1) is 12.4 Å². The van der Waals surface area contributed by atoms with Crippen LogP contribution in [0.15, 0.2) is 65.6 Å². The first-order chi connectivity index (χ1) is 15.2. The Labute approximate surface area is 189 Å². The summed E-state index contributed by atoms with van der Waals surface area (Å²) in [5.41, 5.74) is 0.952. The number of thioether (sulfide) groups is 1. The van der Waals surface area contributed by atoms with Crippen molar-refractivity contribution in [1.29, 1.82) is 0 Å². The van der Waals surface area contributed by atoms with E-state index in [2.05, 4.69) is 15.5 Å². The van der Waals surface area contributed by atoms with E-state index in [1.54, 1.807) is 12.0 Å². The van der Waals surface area contributed by atoms with Crippen LogP contribution in [0.3, 0.4) is 0 Å². The second kappa shape index (κ2) is 12.2. The summed E-state index contributed by atoms with van der Waals surface area (Å²) in [7, 11) is 1.59. The van der Waals surface area contributed by atoms with E-state index in [4.69, 9.17) is 4.74 Å². The van der Waals surface area contributed by atoms with Gasteiger partial charge in [-0.25, -0.2) is 0 Å². The molecule has 0 bridgehead atoms. The van der Waals surface area contributed by atoms with Gasteiger partial charge in [-0.15, -0.1) is 22.0 Å². The number of aromatic nitrogens is 2. The molecule has 1 aromatic heterocycles. The number of methoxy groups -OCH3 is 1.